The van der Waals surface area contributed by atoms with Gasteiger partial charge in [0.15, 0.2) is 5.96 Å². The van der Waals surface area contributed by atoms with Gasteiger partial charge in [-0.1, -0.05) is 13.8 Å². The van der Waals surface area contributed by atoms with E-state index in [-0.39, 0.29) is 30.5 Å². The van der Waals surface area contributed by atoms with Gasteiger partial charge in [-0.3, -0.25) is 4.99 Å². The average Bonchev–Trinajstić information content (AvgIpc) is 3.23. The van der Waals surface area contributed by atoms with Gasteiger partial charge in [0.2, 0.25) is 10.0 Å². The molecule has 0 aliphatic rings. The molecule has 0 atom stereocenters. The van der Waals surface area contributed by atoms with Gasteiger partial charge in [-0.15, -0.1) is 46.7 Å². The topological polar surface area (TPSA) is 95.5 Å². The SMILES string of the molecule is CN=C(NCCNS(=O)(=O)c1ccc(C)s1)NCc1nc(C(C)C)cs1.I. The Labute approximate surface area is 186 Å². The standard InChI is InChI=1S/C16H25N5O2S3.HI/c1-11(2)13-10-24-14(21-13)9-19-16(17-4)18-7-8-20-26(22,23)15-6-5-12(3)25-15;/h5-6,10-11,20H,7-9H2,1-4H3,(H2,17,18,19);1H. The second kappa shape index (κ2) is 11.3. The number of hydrogen-bond donors (Lipinski definition) is 3. The first-order chi connectivity index (χ1) is 12.3. The van der Waals surface area contributed by atoms with E-state index in [1.807, 2.05) is 6.92 Å². The molecule has 152 valence electrons. The van der Waals surface area contributed by atoms with Crippen LogP contribution in [-0.2, 0) is 16.6 Å². The fourth-order valence-corrected chi connectivity index (χ4v) is 5.30. The highest BCUT2D eigenvalue weighted by atomic mass is 127. The third-order valence-corrected chi connectivity index (χ3v) is 7.30. The van der Waals surface area contributed by atoms with Crippen LogP contribution in [0.5, 0.6) is 0 Å². The minimum Gasteiger partial charge on any atom is -0.355 e. The molecule has 0 unspecified atom stereocenters. The van der Waals surface area contributed by atoms with Crippen molar-refractivity contribution in [3.05, 3.63) is 33.1 Å². The molecule has 0 amide bonds. The number of sulfonamides is 1. The average molecular weight is 544 g/mol. The monoisotopic (exact) mass is 543 g/mol. The largest absolute Gasteiger partial charge is 0.355 e. The number of thiazole rings is 1. The van der Waals surface area contributed by atoms with Crippen molar-refractivity contribution in [1.29, 1.82) is 0 Å². The number of hydrogen-bond acceptors (Lipinski definition) is 6. The molecule has 0 radical (unpaired) electrons. The molecule has 2 heterocycles. The molecule has 0 saturated carbocycles. The second-order valence-electron chi connectivity index (χ2n) is 5.94. The van der Waals surface area contributed by atoms with Gasteiger partial charge in [0.1, 0.15) is 9.22 Å². The highest BCUT2D eigenvalue weighted by molar-refractivity contribution is 14.0. The molecule has 27 heavy (non-hydrogen) atoms. The first-order valence-corrected chi connectivity index (χ1v) is 11.4. The summed E-state index contributed by atoms with van der Waals surface area (Å²) in [5.41, 5.74) is 1.09. The van der Waals surface area contributed by atoms with Crippen molar-refractivity contribution >= 4 is 62.6 Å². The molecule has 2 rings (SSSR count). The molecule has 0 bridgehead atoms. The van der Waals surface area contributed by atoms with E-state index < -0.39 is 10.0 Å². The van der Waals surface area contributed by atoms with Crippen LogP contribution in [0.4, 0.5) is 0 Å². The van der Waals surface area contributed by atoms with Crippen LogP contribution in [0.15, 0.2) is 26.7 Å². The van der Waals surface area contributed by atoms with E-state index in [0.29, 0.717) is 29.2 Å². The van der Waals surface area contributed by atoms with Crippen LogP contribution >= 0.6 is 46.7 Å². The van der Waals surface area contributed by atoms with Crippen molar-refractivity contribution in [3.8, 4) is 0 Å². The molecule has 0 aliphatic heterocycles. The van der Waals surface area contributed by atoms with Crippen LogP contribution in [0.3, 0.4) is 0 Å². The zero-order valence-electron chi connectivity index (χ0n) is 15.8. The van der Waals surface area contributed by atoms with Gasteiger partial charge in [0, 0.05) is 30.4 Å². The maximum absolute atomic E-state index is 12.1. The van der Waals surface area contributed by atoms with Crippen LogP contribution in [0.25, 0.3) is 0 Å². The van der Waals surface area contributed by atoms with Crippen LogP contribution in [-0.4, -0.2) is 39.5 Å². The minimum absolute atomic E-state index is 0. The van der Waals surface area contributed by atoms with Gasteiger partial charge in [-0.05, 0) is 25.0 Å². The molecular formula is C16H26IN5O2S3. The second-order valence-corrected chi connectivity index (χ2v) is 10.2. The number of aryl methyl sites for hydroxylation is 1. The molecule has 0 fully saturated rings. The van der Waals surface area contributed by atoms with Crippen LogP contribution in [0.2, 0.25) is 0 Å². The maximum Gasteiger partial charge on any atom is 0.250 e. The third kappa shape index (κ3) is 7.64. The first-order valence-electron chi connectivity index (χ1n) is 8.26. The third-order valence-electron chi connectivity index (χ3n) is 3.48. The summed E-state index contributed by atoms with van der Waals surface area (Å²) in [4.78, 5) is 9.67. The number of aromatic nitrogens is 1. The van der Waals surface area contributed by atoms with Crippen molar-refractivity contribution < 1.29 is 8.42 Å². The van der Waals surface area contributed by atoms with Crippen molar-refractivity contribution in [2.75, 3.05) is 20.1 Å². The number of rotatable bonds is 8. The number of halogens is 1. The number of thiophene rings is 1. The number of aliphatic imine (C=N–C) groups is 1. The minimum atomic E-state index is -3.44. The van der Waals surface area contributed by atoms with Crippen molar-refractivity contribution in [3.63, 3.8) is 0 Å². The fraction of sp³-hybridized carbons (Fsp3) is 0.500. The molecule has 3 N–H and O–H groups in total. The summed E-state index contributed by atoms with van der Waals surface area (Å²) in [5.74, 6) is 1.02. The van der Waals surface area contributed by atoms with Crippen LogP contribution in [0, 0.1) is 6.92 Å². The molecule has 2 aromatic rings. The molecule has 11 heteroatoms. The Kier molecular flexibility index (Phi) is 10.2. The zero-order chi connectivity index (χ0) is 19.2. The Morgan fingerprint density at radius 2 is 2.00 bits per heavy atom. The van der Waals surface area contributed by atoms with E-state index in [4.69, 9.17) is 0 Å². The molecule has 0 saturated heterocycles. The summed E-state index contributed by atoms with van der Waals surface area (Å²) in [7, 11) is -1.77. The Bertz CT molecular complexity index is 846. The highest BCUT2D eigenvalue weighted by Gasteiger charge is 2.15. The number of nitrogens with one attached hydrogen (secondary N) is 3. The maximum atomic E-state index is 12.1. The molecule has 7 nitrogen and oxygen atoms in total. The number of nitrogens with zero attached hydrogens (tertiary/aromatic N) is 2. The number of guanidine groups is 1. The predicted molar refractivity (Wildman–Crippen MR) is 124 cm³/mol. The van der Waals surface area contributed by atoms with Gasteiger partial charge in [0.05, 0.1) is 12.2 Å². The van der Waals surface area contributed by atoms with E-state index in [1.165, 1.54) is 11.3 Å². The van der Waals surface area contributed by atoms with E-state index in [9.17, 15) is 8.42 Å². The van der Waals surface area contributed by atoms with E-state index in [2.05, 4.69) is 44.6 Å². The molecule has 0 aliphatic carbocycles. The van der Waals surface area contributed by atoms with Gasteiger partial charge >= 0.3 is 0 Å². The summed E-state index contributed by atoms with van der Waals surface area (Å²) >= 11 is 2.88. The van der Waals surface area contributed by atoms with Crippen molar-refractivity contribution in [2.45, 2.75) is 37.4 Å². The lowest BCUT2D eigenvalue weighted by Gasteiger charge is -2.11. The van der Waals surface area contributed by atoms with Crippen molar-refractivity contribution in [1.82, 2.24) is 20.3 Å². The fourth-order valence-electron chi connectivity index (χ4n) is 2.05. The predicted octanol–water partition coefficient (Wildman–Crippen LogP) is 2.90. The quantitative estimate of drug-likeness (QED) is 0.206. The Hall–Kier alpha value is -0.760. The lowest BCUT2D eigenvalue weighted by Crippen LogP contribution is -2.41. The molecule has 2 aromatic heterocycles. The molecule has 0 spiro atoms. The van der Waals surface area contributed by atoms with E-state index in [1.54, 1.807) is 30.5 Å². The van der Waals surface area contributed by atoms with E-state index >= 15 is 0 Å². The Balaban J connectivity index is 0.00000364. The Morgan fingerprint density at radius 3 is 2.56 bits per heavy atom. The van der Waals surface area contributed by atoms with Gasteiger partial charge in [-0.2, -0.15) is 0 Å². The smallest absolute Gasteiger partial charge is 0.250 e. The van der Waals surface area contributed by atoms with Gasteiger partial charge < -0.3 is 10.6 Å². The normalized spacial score (nSPS) is 12.1. The summed E-state index contributed by atoms with van der Waals surface area (Å²) < 4.78 is 27.2. The summed E-state index contributed by atoms with van der Waals surface area (Å²) in [5, 5.41) is 9.33. The Morgan fingerprint density at radius 1 is 1.26 bits per heavy atom. The molecular weight excluding hydrogens is 517 g/mol. The summed E-state index contributed by atoms with van der Waals surface area (Å²) in [6.07, 6.45) is 0. The van der Waals surface area contributed by atoms with Crippen LogP contribution < -0.4 is 15.4 Å². The highest BCUT2D eigenvalue weighted by Crippen LogP contribution is 2.20. The molecule has 0 aromatic carbocycles. The summed E-state index contributed by atoms with van der Waals surface area (Å²) in [6, 6.07) is 3.42. The van der Waals surface area contributed by atoms with E-state index in [0.717, 1.165) is 15.6 Å². The van der Waals surface area contributed by atoms with Crippen molar-refractivity contribution in [2.24, 2.45) is 4.99 Å². The van der Waals surface area contributed by atoms with Gasteiger partial charge in [0.25, 0.3) is 0 Å². The van der Waals surface area contributed by atoms with Crippen LogP contribution in [0.1, 0.15) is 35.3 Å². The first kappa shape index (κ1) is 24.3. The zero-order valence-corrected chi connectivity index (χ0v) is 20.6. The lowest BCUT2D eigenvalue weighted by molar-refractivity contribution is 0.582. The summed E-state index contributed by atoms with van der Waals surface area (Å²) in [6.45, 7) is 7.40. The van der Waals surface area contributed by atoms with Gasteiger partial charge in [-0.25, -0.2) is 18.1 Å². The lowest BCUT2D eigenvalue weighted by atomic mass is 10.2.